The second-order valence-electron chi connectivity index (χ2n) is 7.10. The summed E-state index contributed by atoms with van der Waals surface area (Å²) >= 11 is 0. The SMILES string of the molecule is CCCN1CCCc2cc3c(c(-c4ccccc4)c21)CCNCC3. The summed E-state index contributed by atoms with van der Waals surface area (Å²) in [5.74, 6) is 0. The third-order valence-corrected chi connectivity index (χ3v) is 5.45. The highest BCUT2D eigenvalue weighted by Crippen LogP contribution is 2.42. The van der Waals surface area contributed by atoms with Gasteiger partial charge in [0.2, 0.25) is 0 Å². The molecule has 2 aliphatic rings. The van der Waals surface area contributed by atoms with Crippen molar-refractivity contribution in [1.29, 1.82) is 0 Å². The zero-order valence-electron chi connectivity index (χ0n) is 14.8. The van der Waals surface area contributed by atoms with Crippen LogP contribution in [0.15, 0.2) is 36.4 Å². The van der Waals surface area contributed by atoms with E-state index in [9.17, 15) is 0 Å². The predicted molar refractivity (Wildman–Crippen MR) is 103 cm³/mol. The van der Waals surface area contributed by atoms with Crippen LogP contribution >= 0.6 is 0 Å². The van der Waals surface area contributed by atoms with Crippen LogP contribution in [0.2, 0.25) is 0 Å². The summed E-state index contributed by atoms with van der Waals surface area (Å²) in [6, 6.07) is 13.6. The maximum absolute atomic E-state index is 3.59. The number of anilines is 1. The number of fused-ring (bicyclic) bond motifs is 2. The average Bonchev–Trinajstić information content (AvgIpc) is 2.86. The Morgan fingerprint density at radius 1 is 1.00 bits per heavy atom. The molecule has 0 aromatic heterocycles. The van der Waals surface area contributed by atoms with Crippen molar-refractivity contribution < 1.29 is 0 Å². The minimum absolute atomic E-state index is 1.10. The maximum Gasteiger partial charge on any atom is 0.0481 e. The minimum atomic E-state index is 1.10. The van der Waals surface area contributed by atoms with Gasteiger partial charge >= 0.3 is 0 Å². The van der Waals surface area contributed by atoms with Gasteiger partial charge in [-0.15, -0.1) is 0 Å². The molecule has 0 saturated heterocycles. The van der Waals surface area contributed by atoms with Crippen molar-refractivity contribution >= 4 is 5.69 Å². The van der Waals surface area contributed by atoms with Crippen molar-refractivity contribution in [2.45, 2.75) is 39.0 Å². The lowest BCUT2D eigenvalue weighted by Crippen LogP contribution is -2.31. The molecule has 4 rings (SSSR count). The molecule has 126 valence electrons. The molecule has 0 aliphatic carbocycles. The van der Waals surface area contributed by atoms with Gasteiger partial charge in [-0.3, -0.25) is 0 Å². The molecule has 24 heavy (non-hydrogen) atoms. The fourth-order valence-electron chi connectivity index (χ4n) is 4.43. The molecule has 2 heterocycles. The van der Waals surface area contributed by atoms with Gasteiger partial charge in [0.05, 0.1) is 0 Å². The molecule has 0 saturated carbocycles. The van der Waals surface area contributed by atoms with Crippen molar-refractivity contribution in [2.24, 2.45) is 0 Å². The van der Waals surface area contributed by atoms with E-state index in [0.717, 1.165) is 25.9 Å². The first-order valence-corrected chi connectivity index (χ1v) is 9.57. The fraction of sp³-hybridized carbons (Fsp3) is 0.455. The molecule has 1 N–H and O–H groups in total. The highest BCUT2D eigenvalue weighted by molar-refractivity contribution is 5.85. The van der Waals surface area contributed by atoms with Gasteiger partial charge in [0.15, 0.2) is 0 Å². The number of nitrogens with zero attached hydrogens (tertiary/aromatic N) is 1. The van der Waals surface area contributed by atoms with Gasteiger partial charge in [0.1, 0.15) is 0 Å². The van der Waals surface area contributed by atoms with Crippen LogP contribution in [0.5, 0.6) is 0 Å². The molecular formula is C22H28N2. The van der Waals surface area contributed by atoms with Gasteiger partial charge in [0.25, 0.3) is 0 Å². The van der Waals surface area contributed by atoms with Gasteiger partial charge < -0.3 is 10.2 Å². The van der Waals surface area contributed by atoms with Crippen LogP contribution in [-0.4, -0.2) is 26.2 Å². The van der Waals surface area contributed by atoms with E-state index in [1.807, 2.05) is 0 Å². The summed E-state index contributed by atoms with van der Waals surface area (Å²) in [7, 11) is 0. The number of rotatable bonds is 3. The normalized spacial score (nSPS) is 17.1. The van der Waals surface area contributed by atoms with Crippen LogP contribution < -0.4 is 10.2 Å². The average molecular weight is 320 g/mol. The molecule has 2 nitrogen and oxygen atoms in total. The molecule has 0 spiro atoms. The maximum atomic E-state index is 3.59. The molecule has 0 fully saturated rings. The third kappa shape index (κ3) is 2.84. The molecule has 0 amide bonds. The van der Waals surface area contributed by atoms with E-state index in [2.05, 4.69) is 53.5 Å². The number of hydrogen-bond donors (Lipinski definition) is 1. The second kappa shape index (κ2) is 6.98. The Labute approximate surface area is 145 Å². The lowest BCUT2D eigenvalue weighted by Gasteiger charge is -2.35. The van der Waals surface area contributed by atoms with Crippen molar-refractivity contribution in [3.05, 3.63) is 53.1 Å². The molecule has 2 aromatic rings. The highest BCUT2D eigenvalue weighted by atomic mass is 15.1. The van der Waals surface area contributed by atoms with Gasteiger partial charge in [-0.25, -0.2) is 0 Å². The summed E-state index contributed by atoms with van der Waals surface area (Å²) in [4.78, 5) is 2.65. The number of benzene rings is 2. The molecule has 0 radical (unpaired) electrons. The Morgan fingerprint density at radius 2 is 1.83 bits per heavy atom. The minimum Gasteiger partial charge on any atom is -0.371 e. The summed E-state index contributed by atoms with van der Waals surface area (Å²) in [5.41, 5.74) is 9.21. The van der Waals surface area contributed by atoms with Gasteiger partial charge in [-0.05, 0) is 67.4 Å². The molecular weight excluding hydrogens is 292 g/mol. The number of aryl methyl sites for hydroxylation is 1. The molecule has 2 aromatic carbocycles. The van der Waals surface area contributed by atoms with Gasteiger partial charge in [-0.1, -0.05) is 43.3 Å². The lowest BCUT2D eigenvalue weighted by molar-refractivity contribution is 0.680. The topological polar surface area (TPSA) is 15.3 Å². The van der Waals surface area contributed by atoms with E-state index in [-0.39, 0.29) is 0 Å². The van der Waals surface area contributed by atoms with Crippen molar-refractivity contribution in [2.75, 3.05) is 31.1 Å². The smallest absolute Gasteiger partial charge is 0.0481 e. The van der Waals surface area contributed by atoms with Crippen LogP contribution in [0.4, 0.5) is 5.69 Å². The molecule has 0 bridgehead atoms. The first-order valence-electron chi connectivity index (χ1n) is 9.57. The Kier molecular flexibility index (Phi) is 4.57. The van der Waals surface area contributed by atoms with Crippen molar-refractivity contribution in [3.8, 4) is 11.1 Å². The summed E-state index contributed by atoms with van der Waals surface area (Å²) in [6.07, 6.45) is 6.05. The third-order valence-electron chi connectivity index (χ3n) is 5.45. The quantitative estimate of drug-likeness (QED) is 0.911. The predicted octanol–water partition coefficient (Wildman–Crippen LogP) is 4.20. The summed E-state index contributed by atoms with van der Waals surface area (Å²) in [6.45, 7) is 6.88. The molecule has 0 atom stereocenters. The Morgan fingerprint density at radius 3 is 2.67 bits per heavy atom. The van der Waals surface area contributed by atoms with Crippen LogP contribution in [0.25, 0.3) is 11.1 Å². The zero-order valence-corrected chi connectivity index (χ0v) is 14.8. The van der Waals surface area contributed by atoms with Crippen LogP contribution in [0, 0.1) is 0 Å². The largest absolute Gasteiger partial charge is 0.371 e. The summed E-state index contributed by atoms with van der Waals surface area (Å²) in [5, 5.41) is 3.59. The number of nitrogens with one attached hydrogen (secondary N) is 1. The van der Waals surface area contributed by atoms with Gasteiger partial charge in [0, 0.05) is 24.3 Å². The number of hydrogen-bond acceptors (Lipinski definition) is 2. The Bertz CT molecular complexity index is 706. The van der Waals surface area contributed by atoms with E-state index < -0.39 is 0 Å². The Balaban J connectivity index is 1.96. The van der Waals surface area contributed by atoms with Crippen LogP contribution in [0.1, 0.15) is 36.5 Å². The second-order valence-corrected chi connectivity index (χ2v) is 7.10. The summed E-state index contributed by atoms with van der Waals surface area (Å²) < 4.78 is 0. The first kappa shape index (κ1) is 15.7. The molecule has 2 heteroatoms. The fourth-order valence-corrected chi connectivity index (χ4v) is 4.43. The van der Waals surface area contributed by atoms with Crippen LogP contribution in [0.3, 0.4) is 0 Å². The van der Waals surface area contributed by atoms with E-state index in [1.54, 1.807) is 16.7 Å². The standard InChI is InChI=1S/C22H28N2/c1-2-14-24-15-6-9-19-16-18-10-12-23-13-11-20(18)21(22(19)24)17-7-4-3-5-8-17/h3-5,7-8,16,23H,2,6,9-15H2,1H3. The van der Waals surface area contributed by atoms with E-state index >= 15 is 0 Å². The van der Waals surface area contributed by atoms with E-state index in [0.29, 0.717) is 0 Å². The van der Waals surface area contributed by atoms with Gasteiger partial charge in [-0.2, -0.15) is 0 Å². The highest BCUT2D eigenvalue weighted by Gasteiger charge is 2.25. The lowest BCUT2D eigenvalue weighted by atomic mass is 9.85. The van der Waals surface area contributed by atoms with E-state index in [4.69, 9.17) is 0 Å². The molecule has 0 unspecified atom stereocenters. The molecule has 2 aliphatic heterocycles. The van der Waals surface area contributed by atoms with Crippen molar-refractivity contribution in [1.82, 2.24) is 5.32 Å². The van der Waals surface area contributed by atoms with Crippen LogP contribution in [-0.2, 0) is 19.3 Å². The first-order chi connectivity index (χ1) is 11.9. The Hall–Kier alpha value is -1.80. The monoisotopic (exact) mass is 320 g/mol. The van der Waals surface area contributed by atoms with Crippen molar-refractivity contribution in [3.63, 3.8) is 0 Å². The van der Waals surface area contributed by atoms with E-state index in [1.165, 1.54) is 49.2 Å². The zero-order chi connectivity index (χ0) is 16.4.